The Bertz CT molecular complexity index is 871. The van der Waals surface area contributed by atoms with Gasteiger partial charge in [-0.15, -0.1) is 11.3 Å². The third kappa shape index (κ3) is 2.55. The first-order valence-electron chi connectivity index (χ1n) is 6.17. The Morgan fingerprint density at radius 2 is 1.86 bits per heavy atom. The monoisotopic (exact) mass is 323 g/mol. The summed E-state index contributed by atoms with van der Waals surface area (Å²) >= 11 is 1.16. The summed E-state index contributed by atoms with van der Waals surface area (Å²) in [4.78, 5) is 15.4. The molecule has 0 aliphatic rings. The maximum absolute atomic E-state index is 12.7. The lowest BCUT2D eigenvalue weighted by atomic mass is 10.1. The van der Waals surface area contributed by atoms with Crippen LogP contribution in [0.1, 0.15) is 15.9 Å². The second-order valence-corrected chi connectivity index (χ2v) is 5.58. The molecular weight excluding hydrogens is 315 g/mol. The number of aromatic carboxylic acids is 1. The summed E-state index contributed by atoms with van der Waals surface area (Å²) in [6.45, 7) is 0. The van der Waals surface area contributed by atoms with Crippen molar-refractivity contribution in [2.45, 2.75) is 6.18 Å². The highest BCUT2D eigenvalue weighted by Crippen LogP contribution is 2.36. The molecule has 0 aliphatic carbocycles. The third-order valence-electron chi connectivity index (χ3n) is 3.10. The van der Waals surface area contributed by atoms with E-state index in [1.54, 1.807) is 18.2 Å². The lowest BCUT2D eigenvalue weighted by Crippen LogP contribution is -2.03. The Morgan fingerprint density at radius 1 is 1.14 bits per heavy atom. The zero-order chi connectivity index (χ0) is 15.9. The molecule has 0 aliphatic heterocycles. The molecule has 0 unspecified atom stereocenters. The molecule has 1 aromatic heterocycles. The van der Waals surface area contributed by atoms with Crippen LogP contribution in [0.15, 0.2) is 42.5 Å². The van der Waals surface area contributed by atoms with Crippen molar-refractivity contribution in [1.29, 1.82) is 0 Å². The third-order valence-corrected chi connectivity index (χ3v) is 4.17. The fourth-order valence-corrected chi connectivity index (χ4v) is 3.06. The molecule has 2 aromatic carbocycles. The minimum absolute atomic E-state index is 0.0672. The molecule has 3 aromatic rings. The second kappa shape index (κ2) is 5.10. The molecule has 0 fully saturated rings. The number of aromatic nitrogens is 1. The fraction of sp³-hybridized carbons (Fsp3) is 0.0667. The quantitative estimate of drug-likeness (QED) is 0.745. The van der Waals surface area contributed by atoms with E-state index >= 15 is 0 Å². The van der Waals surface area contributed by atoms with Crippen LogP contribution in [0.4, 0.5) is 13.2 Å². The first kappa shape index (κ1) is 14.5. The van der Waals surface area contributed by atoms with Gasteiger partial charge in [-0.2, -0.15) is 13.2 Å². The second-order valence-electron chi connectivity index (χ2n) is 4.55. The number of carbonyl (C=O) groups is 1. The SMILES string of the molecule is O=C(O)c1ccccc1-c1nc2cc(C(F)(F)F)ccc2s1. The maximum atomic E-state index is 12.7. The van der Waals surface area contributed by atoms with Crippen molar-refractivity contribution in [3.8, 4) is 10.6 Å². The zero-order valence-electron chi connectivity index (χ0n) is 10.9. The van der Waals surface area contributed by atoms with Gasteiger partial charge in [0, 0.05) is 5.56 Å². The van der Waals surface area contributed by atoms with Gasteiger partial charge in [-0.3, -0.25) is 0 Å². The van der Waals surface area contributed by atoms with E-state index in [9.17, 15) is 23.1 Å². The molecule has 0 amide bonds. The summed E-state index contributed by atoms with van der Waals surface area (Å²) in [6, 6.07) is 9.59. The predicted molar refractivity (Wildman–Crippen MR) is 77.0 cm³/mol. The van der Waals surface area contributed by atoms with Crippen molar-refractivity contribution in [1.82, 2.24) is 4.98 Å². The number of hydrogen-bond donors (Lipinski definition) is 1. The Balaban J connectivity index is 2.16. The van der Waals surface area contributed by atoms with E-state index in [0.29, 0.717) is 15.3 Å². The van der Waals surface area contributed by atoms with E-state index in [1.165, 1.54) is 12.1 Å². The Morgan fingerprint density at radius 3 is 2.55 bits per heavy atom. The predicted octanol–water partition coefficient (Wildman–Crippen LogP) is 4.68. The topological polar surface area (TPSA) is 50.2 Å². The summed E-state index contributed by atoms with van der Waals surface area (Å²) in [6.07, 6.45) is -4.43. The molecule has 22 heavy (non-hydrogen) atoms. The first-order valence-corrected chi connectivity index (χ1v) is 6.98. The van der Waals surface area contributed by atoms with Gasteiger partial charge < -0.3 is 5.11 Å². The van der Waals surface area contributed by atoms with Gasteiger partial charge in [-0.25, -0.2) is 9.78 Å². The first-order chi connectivity index (χ1) is 10.4. The average Bonchev–Trinajstić information content (AvgIpc) is 2.89. The van der Waals surface area contributed by atoms with E-state index in [2.05, 4.69) is 4.98 Å². The summed E-state index contributed by atoms with van der Waals surface area (Å²) in [5.74, 6) is -1.11. The van der Waals surface area contributed by atoms with Gasteiger partial charge in [0.2, 0.25) is 0 Å². The molecule has 0 bridgehead atoms. The van der Waals surface area contributed by atoms with E-state index in [0.717, 1.165) is 23.5 Å². The number of carboxylic acid groups (broad SMARTS) is 1. The van der Waals surface area contributed by atoms with Gasteiger partial charge >= 0.3 is 12.1 Å². The van der Waals surface area contributed by atoms with E-state index in [-0.39, 0.29) is 11.1 Å². The molecule has 1 N–H and O–H groups in total. The van der Waals surface area contributed by atoms with Gasteiger partial charge in [0.05, 0.1) is 21.3 Å². The van der Waals surface area contributed by atoms with E-state index in [4.69, 9.17) is 0 Å². The molecule has 112 valence electrons. The Kier molecular flexibility index (Phi) is 3.37. The molecule has 0 radical (unpaired) electrons. The van der Waals surface area contributed by atoms with Gasteiger partial charge in [0.1, 0.15) is 5.01 Å². The largest absolute Gasteiger partial charge is 0.478 e. The average molecular weight is 323 g/mol. The Labute approximate surface area is 126 Å². The van der Waals surface area contributed by atoms with Crippen LogP contribution in [0.2, 0.25) is 0 Å². The minimum Gasteiger partial charge on any atom is -0.478 e. The lowest BCUT2D eigenvalue weighted by molar-refractivity contribution is -0.137. The van der Waals surface area contributed by atoms with E-state index < -0.39 is 17.7 Å². The fourth-order valence-electron chi connectivity index (χ4n) is 2.08. The molecule has 0 saturated carbocycles. The van der Waals surface area contributed by atoms with Crippen LogP contribution in [0.3, 0.4) is 0 Å². The number of fused-ring (bicyclic) bond motifs is 1. The number of benzene rings is 2. The molecule has 1 heterocycles. The van der Waals surface area contributed by atoms with Crippen molar-refractivity contribution in [3.05, 3.63) is 53.6 Å². The van der Waals surface area contributed by atoms with Crippen molar-refractivity contribution >= 4 is 27.5 Å². The van der Waals surface area contributed by atoms with Crippen molar-refractivity contribution in [2.75, 3.05) is 0 Å². The summed E-state index contributed by atoms with van der Waals surface area (Å²) in [5.41, 5.74) is -0.110. The maximum Gasteiger partial charge on any atom is 0.416 e. The van der Waals surface area contributed by atoms with Crippen molar-refractivity contribution in [2.24, 2.45) is 0 Å². The molecule has 0 saturated heterocycles. The normalized spacial score (nSPS) is 11.8. The van der Waals surface area contributed by atoms with Crippen LogP contribution in [0.25, 0.3) is 20.8 Å². The summed E-state index contributed by atoms with van der Waals surface area (Å²) in [7, 11) is 0. The number of carboxylic acids is 1. The molecule has 0 spiro atoms. The van der Waals surface area contributed by atoms with Gasteiger partial charge in [-0.1, -0.05) is 18.2 Å². The number of nitrogens with zero attached hydrogens (tertiary/aromatic N) is 1. The highest BCUT2D eigenvalue weighted by molar-refractivity contribution is 7.21. The highest BCUT2D eigenvalue weighted by atomic mass is 32.1. The van der Waals surface area contributed by atoms with Crippen LogP contribution in [0, 0.1) is 0 Å². The standard InChI is InChI=1S/C15H8F3NO2S/c16-15(17,18)8-5-6-12-11(7-8)19-13(22-12)9-3-1-2-4-10(9)14(20)21/h1-7H,(H,20,21). The summed E-state index contributed by atoms with van der Waals surface area (Å²) < 4.78 is 38.7. The number of hydrogen-bond acceptors (Lipinski definition) is 3. The van der Waals surface area contributed by atoms with Crippen LogP contribution in [-0.2, 0) is 6.18 Å². The van der Waals surface area contributed by atoms with Crippen molar-refractivity contribution < 1.29 is 23.1 Å². The van der Waals surface area contributed by atoms with Crippen LogP contribution >= 0.6 is 11.3 Å². The molecule has 3 nitrogen and oxygen atoms in total. The highest BCUT2D eigenvalue weighted by Gasteiger charge is 2.30. The van der Waals surface area contributed by atoms with Crippen molar-refractivity contribution in [3.63, 3.8) is 0 Å². The molecule has 3 rings (SSSR count). The smallest absolute Gasteiger partial charge is 0.416 e. The molecule has 0 atom stereocenters. The minimum atomic E-state index is -4.43. The van der Waals surface area contributed by atoms with Crippen LogP contribution in [-0.4, -0.2) is 16.1 Å². The molecule has 7 heteroatoms. The van der Waals surface area contributed by atoms with Crippen LogP contribution < -0.4 is 0 Å². The Hall–Kier alpha value is -2.41. The van der Waals surface area contributed by atoms with Gasteiger partial charge in [0.15, 0.2) is 0 Å². The number of alkyl halides is 3. The number of thiazole rings is 1. The van der Waals surface area contributed by atoms with Gasteiger partial charge in [0.25, 0.3) is 0 Å². The van der Waals surface area contributed by atoms with E-state index in [1.807, 2.05) is 0 Å². The number of halogens is 3. The van der Waals surface area contributed by atoms with Crippen LogP contribution in [0.5, 0.6) is 0 Å². The van der Waals surface area contributed by atoms with Gasteiger partial charge in [-0.05, 0) is 24.3 Å². The summed E-state index contributed by atoms with van der Waals surface area (Å²) in [5, 5.41) is 9.56. The lowest BCUT2D eigenvalue weighted by Gasteiger charge is -2.04. The zero-order valence-corrected chi connectivity index (χ0v) is 11.7. The molecular formula is C15H8F3NO2S. The number of rotatable bonds is 2.